The zero-order chi connectivity index (χ0) is 41.6. The third kappa shape index (κ3) is 6.51. The molecule has 0 amide bonds. The highest BCUT2D eigenvalue weighted by Crippen LogP contribution is 2.52. The second-order valence-corrected chi connectivity index (χ2v) is 16.9. The van der Waals surface area contributed by atoms with Gasteiger partial charge in [0, 0.05) is 22.4 Å². The molecular weight excluding hydrogens is 747 g/mol. The normalized spacial score (nSPS) is 12.5. The van der Waals surface area contributed by atoms with Crippen LogP contribution in [0.3, 0.4) is 0 Å². The number of nitrogens with zero attached hydrogens (tertiary/aromatic N) is 1. The van der Waals surface area contributed by atoms with E-state index in [0.717, 1.165) is 17.1 Å². The van der Waals surface area contributed by atoms with Crippen LogP contribution in [0.15, 0.2) is 237 Å². The molecule has 0 radical (unpaired) electrons. The molecule has 0 spiro atoms. The molecule has 1 heteroatoms. The van der Waals surface area contributed by atoms with Crippen molar-refractivity contribution in [1.82, 2.24) is 0 Å². The number of fused-ring (bicyclic) bond motifs is 4. The first-order chi connectivity index (χ1) is 30.5. The summed E-state index contributed by atoms with van der Waals surface area (Å²) in [6.45, 7) is 4.74. The van der Waals surface area contributed by atoms with E-state index in [-0.39, 0.29) is 5.41 Å². The number of benzene rings is 10. The van der Waals surface area contributed by atoms with Gasteiger partial charge in [-0.15, -0.1) is 0 Å². The van der Waals surface area contributed by atoms with Crippen LogP contribution in [0.5, 0.6) is 0 Å². The molecule has 294 valence electrons. The lowest BCUT2D eigenvalue weighted by Crippen LogP contribution is -2.16. The van der Waals surface area contributed by atoms with Crippen molar-refractivity contribution in [3.05, 3.63) is 248 Å². The van der Waals surface area contributed by atoms with Gasteiger partial charge in [-0.05, 0) is 119 Å². The monoisotopic (exact) mass is 791 g/mol. The molecule has 0 unspecified atom stereocenters. The number of hydrogen-bond donors (Lipinski definition) is 0. The second kappa shape index (κ2) is 15.4. The Morgan fingerprint density at radius 2 is 0.790 bits per heavy atom. The largest absolute Gasteiger partial charge is 0.310 e. The average molecular weight is 792 g/mol. The zero-order valence-corrected chi connectivity index (χ0v) is 35.0. The predicted molar refractivity (Wildman–Crippen MR) is 263 cm³/mol. The minimum Gasteiger partial charge on any atom is -0.310 e. The second-order valence-electron chi connectivity index (χ2n) is 16.9. The van der Waals surface area contributed by atoms with E-state index < -0.39 is 0 Å². The molecule has 10 aromatic carbocycles. The molecule has 1 aliphatic rings. The van der Waals surface area contributed by atoms with Crippen LogP contribution in [0.4, 0.5) is 17.1 Å². The molecule has 0 N–H and O–H groups in total. The third-order valence-electron chi connectivity index (χ3n) is 12.9. The first-order valence-electron chi connectivity index (χ1n) is 21.6. The number of rotatable bonds is 8. The standard InChI is InChI=1S/C61H45N/c1-61(2)58-29-12-11-25-56(58)57-28-15-27-55(60(57)61)46-32-37-51(38-33-46)62(50-35-30-43(31-36-50)48-23-13-22-47(40-48)42-16-5-3-6-17-42)59-41-49(34-39-54(59)45-18-7-4-8-19-45)53-26-14-21-44-20-9-10-24-52(44)53/h3-41H,1-2H3. The minimum absolute atomic E-state index is 0.109. The first kappa shape index (κ1) is 37.3. The van der Waals surface area contributed by atoms with Gasteiger partial charge in [-0.2, -0.15) is 0 Å². The summed E-state index contributed by atoms with van der Waals surface area (Å²) in [5.41, 5.74) is 20.7. The van der Waals surface area contributed by atoms with Crippen molar-refractivity contribution in [2.45, 2.75) is 19.3 Å². The molecule has 11 rings (SSSR count). The SMILES string of the molecule is CC1(C)c2ccccc2-c2cccc(-c3ccc(N(c4ccc(-c5cccc(-c6ccccc6)c5)cc4)c4cc(-c5cccc6ccccc56)ccc4-c4ccccc4)cc3)c21. The van der Waals surface area contributed by atoms with E-state index in [1.165, 1.54) is 88.7 Å². The topological polar surface area (TPSA) is 3.24 Å². The van der Waals surface area contributed by atoms with E-state index in [2.05, 4.69) is 255 Å². The molecule has 0 saturated heterocycles. The fraction of sp³-hybridized carbons (Fsp3) is 0.0492. The Morgan fingerprint density at radius 3 is 1.53 bits per heavy atom. The Labute approximate surface area is 364 Å². The summed E-state index contributed by atoms with van der Waals surface area (Å²) in [6.07, 6.45) is 0. The van der Waals surface area contributed by atoms with Gasteiger partial charge in [0.2, 0.25) is 0 Å². The Bertz CT molecular complexity index is 3230. The van der Waals surface area contributed by atoms with Crippen LogP contribution in [0.25, 0.3) is 77.5 Å². The molecule has 10 aromatic rings. The van der Waals surface area contributed by atoms with Crippen molar-refractivity contribution >= 4 is 27.8 Å². The summed E-state index contributed by atoms with van der Waals surface area (Å²) in [6, 6.07) is 86.6. The van der Waals surface area contributed by atoms with Gasteiger partial charge in [0.05, 0.1) is 5.69 Å². The van der Waals surface area contributed by atoms with Crippen molar-refractivity contribution in [3.8, 4) is 66.8 Å². The van der Waals surface area contributed by atoms with Crippen molar-refractivity contribution in [3.63, 3.8) is 0 Å². The zero-order valence-electron chi connectivity index (χ0n) is 35.0. The van der Waals surface area contributed by atoms with E-state index in [1.54, 1.807) is 0 Å². The summed E-state index contributed by atoms with van der Waals surface area (Å²) in [5, 5.41) is 2.48. The first-order valence-corrected chi connectivity index (χ1v) is 21.6. The summed E-state index contributed by atoms with van der Waals surface area (Å²) < 4.78 is 0. The number of anilines is 3. The van der Waals surface area contributed by atoms with Crippen LogP contribution in [0, 0.1) is 0 Å². The van der Waals surface area contributed by atoms with Gasteiger partial charge in [0.15, 0.2) is 0 Å². The van der Waals surface area contributed by atoms with E-state index in [9.17, 15) is 0 Å². The third-order valence-corrected chi connectivity index (χ3v) is 12.9. The van der Waals surface area contributed by atoms with Crippen LogP contribution in [0.1, 0.15) is 25.0 Å². The lowest BCUT2D eigenvalue weighted by molar-refractivity contribution is 0.662. The quantitative estimate of drug-likeness (QED) is 0.148. The van der Waals surface area contributed by atoms with Crippen molar-refractivity contribution in [1.29, 1.82) is 0 Å². The summed E-state index contributed by atoms with van der Waals surface area (Å²) in [7, 11) is 0. The molecule has 1 aliphatic carbocycles. The molecule has 0 atom stereocenters. The van der Waals surface area contributed by atoms with Gasteiger partial charge in [0.25, 0.3) is 0 Å². The van der Waals surface area contributed by atoms with E-state index >= 15 is 0 Å². The van der Waals surface area contributed by atoms with Crippen LogP contribution < -0.4 is 4.90 Å². The average Bonchev–Trinajstić information content (AvgIpc) is 3.58. The Morgan fingerprint density at radius 1 is 0.306 bits per heavy atom. The lowest BCUT2D eigenvalue weighted by Gasteiger charge is -2.29. The predicted octanol–water partition coefficient (Wildman–Crippen LogP) is 17.0. The maximum absolute atomic E-state index is 2.44. The highest BCUT2D eigenvalue weighted by atomic mass is 15.1. The molecule has 62 heavy (non-hydrogen) atoms. The fourth-order valence-corrected chi connectivity index (χ4v) is 9.84. The van der Waals surface area contributed by atoms with Gasteiger partial charge in [-0.1, -0.05) is 214 Å². The van der Waals surface area contributed by atoms with Gasteiger partial charge >= 0.3 is 0 Å². The lowest BCUT2D eigenvalue weighted by atomic mass is 9.79. The Kier molecular flexibility index (Phi) is 9.24. The van der Waals surface area contributed by atoms with Crippen molar-refractivity contribution < 1.29 is 0 Å². The molecule has 0 bridgehead atoms. The Balaban J connectivity index is 1.07. The fourth-order valence-electron chi connectivity index (χ4n) is 9.84. The van der Waals surface area contributed by atoms with E-state index in [4.69, 9.17) is 0 Å². The van der Waals surface area contributed by atoms with Crippen LogP contribution >= 0.6 is 0 Å². The molecule has 0 fully saturated rings. The highest BCUT2D eigenvalue weighted by molar-refractivity contribution is 5.99. The number of hydrogen-bond acceptors (Lipinski definition) is 1. The van der Waals surface area contributed by atoms with Gasteiger partial charge in [-0.25, -0.2) is 0 Å². The van der Waals surface area contributed by atoms with E-state index in [1.807, 2.05) is 0 Å². The smallest absolute Gasteiger partial charge is 0.0546 e. The van der Waals surface area contributed by atoms with Crippen LogP contribution in [0.2, 0.25) is 0 Å². The summed E-state index contributed by atoms with van der Waals surface area (Å²) in [4.78, 5) is 2.44. The van der Waals surface area contributed by atoms with Crippen LogP contribution in [-0.2, 0) is 5.41 Å². The molecule has 1 nitrogen and oxygen atoms in total. The highest BCUT2D eigenvalue weighted by Gasteiger charge is 2.37. The maximum Gasteiger partial charge on any atom is 0.0546 e. The van der Waals surface area contributed by atoms with Gasteiger partial charge in [-0.3, -0.25) is 0 Å². The van der Waals surface area contributed by atoms with Crippen LogP contribution in [-0.4, -0.2) is 0 Å². The van der Waals surface area contributed by atoms with Crippen molar-refractivity contribution in [2.24, 2.45) is 0 Å². The maximum atomic E-state index is 2.44. The molecule has 0 aliphatic heterocycles. The Hall–Kier alpha value is -7.74. The molecule has 0 heterocycles. The molecular formula is C61H45N. The van der Waals surface area contributed by atoms with Crippen molar-refractivity contribution in [2.75, 3.05) is 4.90 Å². The molecule has 0 aromatic heterocycles. The summed E-state index contributed by atoms with van der Waals surface area (Å²) in [5.74, 6) is 0. The molecule has 0 saturated carbocycles. The summed E-state index contributed by atoms with van der Waals surface area (Å²) >= 11 is 0. The minimum atomic E-state index is -0.109. The van der Waals surface area contributed by atoms with Gasteiger partial charge < -0.3 is 4.90 Å². The van der Waals surface area contributed by atoms with Gasteiger partial charge in [0.1, 0.15) is 0 Å². The van der Waals surface area contributed by atoms with E-state index in [0.29, 0.717) is 0 Å².